The topological polar surface area (TPSA) is 26.0 Å². The number of halogens is 1. The van der Waals surface area contributed by atoms with Crippen LogP contribution in [0.3, 0.4) is 0 Å². The first kappa shape index (κ1) is 13.5. The molecule has 1 fully saturated rings. The molecule has 1 aliphatic rings. The van der Waals surface area contributed by atoms with Crippen molar-refractivity contribution >= 4 is 0 Å². The highest BCUT2D eigenvalue weighted by atomic mass is 19.1. The zero-order chi connectivity index (χ0) is 13.2. The van der Waals surface area contributed by atoms with Crippen molar-refractivity contribution in [1.29, 1.82) is 0 Å². The van der Waals surface area contributed by atoms with Gasteiger partial charge < -0.3 is 5.73 Å². The number of benzene rings is 1. The fourth-order valence-corrected chi connectivity index (χ4v) is 3.31. The molecule has 0 radical (unpaired) electrons. The molecule has 0 saturated heterocycles. The molecule has 0 aliphatic heterocycles. The van der Waals surface area contributed by atoms with Crippen LogP contribution in [0.25, 0.3) is 0 Å². The van der Waals surface area contributed by atoms with Crippen LogP contribution >= 0.6 is 0 Å². The number of hydrogen-bond acceptors (Lipinski definition) is 1. The van der Waals surface area contributed by atoms with E-state index in [2.05, 4.69) is 13.8 Å². The predicted octanol–water partition coefficient (Wildman–Crippen LogP) is 4.22. The van der Waals surface area contributed by atoms with E-state index in [0.717, 1.165) is 25.2 Å². The van der Waals surface area contributed by atoms with Gasteiger partial charge in [0.25, 0.3) is 0 Å². The quantitative estimate of drug-likeness (QED) is 0.853. The highest BCUT2D eigenvalue weighted by molar-refractivity contribution is 5.27. The Morgan fingerprint density at radius 1 is 1.22 bits per heavy atom. The molecule has 0 heterocycles. The van der Waals surface area contributed by atoms with Gasteiger partial charge in [0.2, 0.25) is 0 Å². The lowest BCUT2D eigenvalue weighted by atomic mass is 9.68. The maximum Gasteiger partial charge on any atom is 0.128 e. The van der Waals surface area contributed by atoms with Crippen molar-refractivity contribution in [2.45, 2.75) is 51.5 Å². The van der Waals surface area contributed by atoms with Crippen molar-refractivity contribution in [3.05, 3.63) is 35.6 Å². The molecule has 1 unspecified atom stereocenters. The summed E-state index contributed by atoms with van der Waals surface area (Å²) < 4.78 is 14.0. The van der Waals surface area contributed by atoms with Gasteiger partial charge in [-0.1, -0.05) is 44.9 Å². The number of hydrogen-bond donors (Lipinski definition) is 1. The van der Waals surface area contributed by atoms with E-state index in [-0.39, 0.29) is 5.82 Å². The molecule has 0 spiro atoms. The van der Waals surface area contributed by atoms with Crippen molar-refractivity contribution in [3.8, 4) is 0 Å². The van der Waals surface area contributed by atoms with Crippen LogP contribution in [-0.4, -0.2) is 0 Å². The zero-order valence-electron chi connectivity index (χ0n) is 11.5. The first-order chi connectivity index (χ1) is 8.58. The monoisotopic (exact) mass is 249 g/mol. The third-order valence-corrected chi connectivity index (χ3v) is 4.70. The molecule has 1 aliphatic carbocycles. The molecule has 2 N–H and O–H groups in total. The molecule has 1 saturated carbocycles. The lowest BCUT2D eigenvalue weighted by Gasteiger charge is -2.41. The van der Waals surface area contributed by atoms with Crippen LogP contribution in [0.1, 0.15) is 51.5 Å². The second-order valence-electron chi connectivity index (χ2n) is 5.83. The Morgan fingerprint density at radius 3 is 2.39 bits per heavy atom. The molecular weight excluding hydrogens is 225 g/mol. The minimum absolute atomic E-state index is 0.152. The summed E-state index contributed by atoms with van der Waals surface area (Å²) in [7, 11) is 0. The van der Waals surface area contributed by atoms with Gasteiger partial charge in [-0.2, -0.15) is 0 Å². The van der Waals surface area contributed by atoms with Gasteiger partial charge >= 0.3 is 0 Å². The molecule has 100 valence electrons. The van der Waals surface area contributed by atoms with Crippen LogP contribution in [0.4, 0.5) is 4.39 Å². The average molecular weight is 249 g/mol. The fraction of sp³-hybridized carbons (Fsp3) is 0.625. The second kappa shape index (κ2) is 5.40. The van der Waals surface area contributed by atoms with Crippen LogP contribution in [0.2, 0.25) is 0 Å². The van der Waals surface area contributed by atoms with E-state index in [9.17, 15) is 4.39 Å². The molecule has 2 rings (SSSR count). The lowest BCUT2D eigenvalue weighted by Crippen LogP contribution is -2.45. The average Bonchev–Trinajstić information content (AvgIpc) is 2.39. The molecule has 0 bridgehead atoms. The smallest absolute Gasteiger partial charge is 0.128 e. The second-order valence-corrected chi connectivity index (χ2v) is 5.83. The van der Waals surface area contributed by atoms with Crippen LogP contribution < -0.4 is 5.73 Å². The maximum absolute atomic E-state index is 14.0. The molecule has 1 aromatic carbocycles. The third-order valence-electron chi connectivity index (χ3n) is 4.70. The van der Waals surface area contributed by atoms with Crippen LogP contribution in [0.15, 0.2) is 24.3 Å². The Bertz CT molecular complexity index is 396. The first-order valence-corrected chi connectivity index (χ1v) is 7.11. The summed E-state index contributed by atoms with van der Waals surface area (Å²) in [6.45, 7) is 4.37. The molecule has 1 aromatic rings. The highest BCUT2D eigenvalue weighted by Gasteiger charge is 2.38. The lowest BCUT2D eigenvalue weighted by molar-refractivity contribution is 0.169. The predicted molar refractivity (Wildman–Crippen MR) is 73.7 cm³/mol. The Balaban J connectivity index is 2.28. The van der Waals surface area contributed by atoms with Crippen molar-refractivity contribution in [2.24, 2.45) is 17.6 Å². The van der Waals surface area contributed by atoms with Gasteiger partial charge in [0.15, 0.2) is 0 Å². The molecular formula is C16H24FN. The molecule has 1 atom stereocenters. The summed E-state index contributed by atoms with van der Waals surface area (Å²) in [5.74, 6) is 1.05. The number of nitrogens with two attached hydrogens (primary N) is 1. The molecule has 2 heteroatoms. The third kappa shape index (κ3) is 2.44. The van der Waals surface area contributed by atoms with Gasteiger partial charge in [0.05, 0.1) is 0 Å². The molecule has 0 aromatic heterocycles. The van der Waals surface area contributed by atoms with Crippen molar-refractivity contribution in [3.63, 3.8) is 0 Å². The van der Waals surface area contributed by atoms with Gasteiger partial charge in [0, 0.05) is 11.1 Å². The van der Waals surface area contributed by atoms with Crippen LogP contribution in [-0.2, 0) is 5.54 Å². The van der Waals surface area contributed by atoms with Crippen molar-refractivity contribution in [1.82, 2.24) is 0 Å². The summed E-state index contributed by atoms with van der Waals surface area (Å²) in [4.78, 5) is 0. The van der Waals surface area contributed by atoms with Crippen molar-refractivity contribution in [2.75, 3.05) is 0 Å². The first-order valence-electron chi connectivity index (χ1n) is 7.11. The summed E-state index contributed by atoms with van der Waals surface area (Å²) in [6.07, 6.45) is 5.49. The molecule has 0 amide bonds. The summed E-state index contributed by atoms with van der Waals surface area (Å²) in [5, 5.41) is 0. The van der Waals surface area contributed by atoms with Gasteiger partial charge in [-0.05, 0) is 37.2 Å². The Kier molecular flexibility index (Phi) is 4.06. The fourth-order valence-electron chi connectivity index (χ4n) is 3.31. The van der Waals surface area contributed by atoms with E-state index in [1.165, 1.54) is 18.9 Å². The Labute approximate surface area is 110 Å². The minimum atomic E-state index is -0.495. The van der Waals surface area contributed by atoms with E-state index in [1.54, 1.807) is 6.07 Å². The van der Waals surface area contributed by atoms with E-state index < -0.39 is 5.54 Å². The van der Waals surface area contributed by atoms with Crippen LogP contribution in [0.5, 0.6) is 0 Å². The van der Waals surface area contributed by atoms with Gasteiger partial charge in [-0.25, -0.2) is 4.39 Å². The number of rotatable bonds is 3. The van der Waals surface area contributed by atoms with Gasteiger partial charge in [-0.15, -0.1) is 0 Å². The molecule has 18 heavy (non-hydrogen) atoms. The standard InChI is InChI=1S/C16H24FN/c1-3-16(18,13-10-8-12(2)9-11-13)14-6-4-5-7-15(14)17/h4-7,12-13H,3,8-11,18H2,1-2H3. The Morgan fingerprint density at radius 2 is 1.83 bits per heavy atom. The van der Waals surface area contributed by atoms with Crippen molar-refractivity contribution < 1.29 is 4.39 Å². The van der Waals surface area contributed by atoms with E-state index in [1.807, 2.05) is 12.1 Å². The molecule has 1 nitrogen and oxygen atoms in total. The van der Waals surface area contributed by atoms with Crippen LogP contribution in [0, 0.1) is 17.7 Å². The zero-order valence-corrected chi connectivity index (χ0v) is 11.5. The normalized spacial score (nSPS) is 27.8. The maximum atomic E-state index is 14.0. The SMILES string of the molecule is CCC(N)(c1ccccc1F)C1CCC(C)CC1. The van der Waals surface area contributed by atoms with Gasteiger partial charge in [0.1, 0.15) is 5.82 Å². The van der Waals surface area contributed by atoms with E-state index in [0.29, 0.717) is 11.5 Å². The van der Waals surface area contributed by atoms with E-state index >= 15 is 0 Å². The highest BCUT2D eigenvalue weighted by Crippen LogP contribution is 2.41. The summed E-state index contributed by atoms with van der Waals surface area (Å²) >= 11 is 0. The van der Waals surface area contributed by atoms with E-state index in [4.69, 9.17) is 5.73 Å². The summed E-state index contributed by atoms with van der Waals surface area (Å²) in [5.41, 5.74) is 6.81. The summed E-state index contributed by atoms with van der Waals surface area (Å²) in [6, 6.07) is 7.01. The Hall–Kier alpha value is -0.890. The minimum Gasteiger partial charge on any atom is -0.321 e. The van der Waals surface area contributed by atoms with Gasteiger partial charge in [-0.3, -0.25) is 0 Å². The largest absolute Gasteiger partial charge is 0.321 e.